The number of nitrogens with zero attached hydrogens (tertiary/aromatic N) is 3. The van der Waals surface area contributed by atoms with Gasteiger partial charge in [-0.05, 0) is 70.2 Å². The van der Waals surface area contributed by atoms with Crippen LogP contribution in [0.3, 0.4) is 0 Å². The molecule has 36 heavy (non-hydrogen) atoms. The summed E-state index contributed by atoms with van der Waals surface area (Å²) in [4.78, 5) is 34.2. The number of carbonyl (C=O) groups is 2. The van der Waals surface area contributed by atoms with E-state index in [2.05, 4.69) is 21.4 Å². The van der Waals surface area contributed by atoms with Gasteiger partial charge in [0.1, 0.15) is 11.0 Å². The highest BCUT2D eigenvalue weighted by Crippen LogP contribution is 2.30. The van der Waals surface area contributed by atoms with Crippen molar-refractivity contribution in [2.75, 3.05) is 19.1 Å². The van der Waals surface area contributed by atoms with Gasteiger partial charge in [-0.3, -0.25) is 4.79 Å². The Balaban J connectivity index is 1.69. The zero-order valence-corrected chi connectivity index (χ0v) is 22.4. The van der Waals surface area contributed by atoms with E-state index in [0.717, 1.165) is 33.0 Å². The average molecular weight is 539 g/mol. The highest BCUT2D eigenvalue weighted by Gasteiger charge is 2.23. The Morgan fingerprint density at radius 1 is 1.25 bits per heavy atom. The molecule has 1 amide bonds. The molecule has 0 radical (unpaired) electrons. The summed E-state index contributed by atoms with van der Waals surface area (Å²) in [5.74, 6) is -0.0131. The molecule has 3 heterocycles. The zero-order chi connectivity index (χ0) is 25.3. The Labute approximate surface area is 222 Å². The minimum atomic E-state index is -0.698. The molecular weight excluding hydrogens is 513 g/mol. The summed E-state index contributed by atoms with van der Waals surface area (Å²) in [5.41, 5.74) is 4.25. The first-order valence-electron chi connectivity index (χ1n) is 11.2. The van der Waals surface area contributed by atoms with Crippen molar-refractivity contribution >= 4 is 58.0 Å². The van der Waals surface area contributed by atoms with Crippen molar-refractivity contribution in [3.05, 3.63) is 81.5 Å². The van der Waals surface area contributed by atoms with Gasteiger partial charge in [-0.2, -0.15) is 23.1 Å². The van der Waals surface area contributed by atoms with Gasteiger partial charge in [-0.25, -0.2) is 14.8 Å². The van der Waals surface area contributed by atoms with E-state index in [9.17, 15) is 9.59 Å². The molecule has 0 spiro atoms. The number of imidazole rings is 1. The first kappa shape index (κ1) is 25.9. The predicted molar refractivity (Wildman–Crippen MR) is 148 cm³/mol. The summed E-state index contributed by atoms with van der Waals surface area (Å²) in [6.45, 7) is 0.625. The topological polar surface area (TPSA) is 86.1 Å². The third-order valence-corrected chi connectivity index (χ3v) is 7.66. The Hall–Kier alpha value is -3.21. The van der Waals surface area contributed by atoms with Crippen LogP contribution in [0, 0.1) is 0 Å². The van der Waals surface area contributed by atoms with Crippen molar-refractivity contribution in [3.63, 3.8) is 0 Å². The van der Waals surface area contributed by atoms with Crippen LogP contribution in [-0.4, -0.2) is 51.6 Å². The van der Waals surface area contributed by atoms with Gasteiger partial charge < -0.3 is 14.6 Å². The standard InChI is InChI=1S/C26H26N4O3S3/c1-33-26(32)23(6-10-34-2)29-24(31)21-4-3-18(14-22(21)19-5-11-35-16-19)13-20(25-28-8-12-36-25)15-30-9-7-27-17-30/h3-5,7-9,11-14,16-17,23H,6,10,15H2,1-2H3,(H,29,31)/b20-13-/t23-/m0/s1. The van der Waals surface area contributed by atoms with Crippen LogP contribution < -0.4 is 5.32 Å². The molecule has 7 nitrogen and oxygen atoms in total. The summed E-state index contributed by atoms with van der Waals surface area (Å²) in [7, 11) is 1.34. The maximum Gasteiger partial charge on any atom is 0.328 e. The molecule has 0 aliphatic carbocycles. The fourth-order valence-electron chi connectivity index (χ4n) is 3.70. The van der Waals surface area contributed by atoms with E-state index in [-0.39, 0.29) is 5.91 Å². The number of carbonyl (C=O) groups excluding carboxylic acids is 2. The number of benzene rings is 1. The molecule has 3 aromatic heterocycles. The van der Waals surface area contributed by atoms with Gasteiger partial charge in [0.15, 0.2) is 0 Å². The molecular formula is C26H26N4O3S3. The number of esters is 1. The number of rotatable bonds is 11. The molecule has 1 aromatic carbocycles. The van der Waals surface area contributed by atoms with E-state index in [1.54, 1.807) is 53.2 Å². The number of methoxy groups -OCH3 is 1. The van der Waals surface area contributed by atoms with Crippen molar-refractivity contribution in [2.24, 2.45) is 0 Å². The highest BCUT2D eigenvalue weighted by molar-refractivity contribution is 7.98. The number of thiazole rings is 1. The monoisotopic (exact) mass is 538 g/mol. The maximum atomic E-state index is 13.3. The lowest BCUT2D eigenvalue weighted by Crippen LogP contribution is -2.42. The second-order valence-corrected chi connectivity index (χ2v) is 10.5. The van der Waals surface area contributed by atoms with Gasteiger partial charge in [0.25, 0.3) is 5.91 Å². The molecule has 0 saturated heterocycles. The quantitative estimate of drug-likeness (QED) is 0.260. The second kappa shape index (κ2) is 12.7. The van der Waals surface area contributed by atoms with Crippen LogP contribution in [0.2, 0.25) is 0 Å². The van der Waals surface area contributed by atoms with Crippen LogP contribution in [0.15, 0.2) is 65.3 Å². The number of nitrogens with one attached hydrogen (secondary N) is 1. The largest absolute Gasteiger partial charge is 0.467 e. The first-order valence-corrected chi connectivity index (χ1v) is 14.4. The van der Waals surface area contributed by atoms with Gasteiger partial charge in [-0.15, -0.1) is 11.3 Å². The van der Waals surface area contributed by atoms with Crippen molar-refractivity contribution < 1.29 is 14.3 Å². The van der Waals surface area contributed by atoms with Crippen LogP contribution in [0.1, 0.15) is 27.3 Å². The number of aromatic nitrogens is 3. The molecule has 0 fully saturated rings. The maximum absolute atomic E-state index is 13.3. The average Bonchev–Trinajstić information content (AvgIpc) is 3.69. The molecule has 4 aromatic rings. The number of ether oxygens (including phenoxy) is 1. The summed E-state index contributed by atoms with van der Waals surface area (Å²) in [6, 6.07) is 7.03. The van der Waals surface area contributed by atoms with Gasteiger partial charge in [-0.1, -0.05) is 6.07 Å². The minimum Gasteiger partial charge on any atom is -0.467 e. The molecule has 0 aliphatic rings. The molecule has 0 bridgehead atoms. The van der Waals surface area contributed by atoms with Gasteiger partial charge in [0.2, 0.25) is 0 Å². The molecule has 0 saturated carbocycles. The fourth-order valence-corrected chi connectivity index (χ4v) is 5.48. The fraction of sp³-hybridized carbons (Fsp3) is 0.231. The first-order chi connectivity index (χ1) is 17.6. The van der Waals surface area contributed by atoms with Crippen molar-refractivity contribution in [1.82, 2.24) is 19.9 Å². The normalized spacial score (nSPS) is 12.3. The lowest BCUT2D eigenvalue weighted by atomic mass is 9.97. The zero-order valence-electron chi connectivity index (χ0n) is 19.9. The number of thiophene rings is 1. The van der Waals surface area contributed by atoms with Gasteiger partial charge in [0.05, 0.1) is 20.0 Å². The van der Waals surface area contributed by atoms with Crippen LogP contribution in [-0.2, 0) is 16.1 Å². The van der Waals surface area contributed by atoms with Crippen LogP contribution in [0.5, 0.6) is 0 Å². The minimum absolute atomic E-state index is 0.304. The number of allylic oxidation sites excluding steroid dienone is 1. The van der Waals surface area contributed by atoms with Crippen molar-refractivity contribution in [1.29, 1.82) is 0 Å². The molecule has 4 rings (SSSR count). The Morgan fingerprint density at radius 2 is 2.14 bits per heavy atom. The van der Waals surface area contributed by atoms with Crippen molar-refractivity contribution in [3.8, 4) is 11.1 Å². The Bertz CT molecular complexity index is 1300. The summed E-state index contributed by atoms with van der Waals surface area (Å²) >= 11 is 4.76. The Kier molecular flexibility index (Phi) is 9.10. The lowest BCUT2D eigenvalue weighted by Gasteiger charge is -2.17. The summed E-state index contributed by atoms with van der Waals surface area (Å²) in [6.07, 6.45) is 11.8. The van der Waals surface area contributed by atoms with E-state index >= 15 is 0 Å². The van der Waals surface area contributed by atoms with E-state index < -0.39 is 12.0 Å². The van der Waals surface area contributed by atoms with Crippen LogP contribution >= 0.6 is 34.4 Å². The van der Waals surface area contributed by atoms with E-state index in [0.29, 0.717) is 18.5 Å². The summed E-state index contributed by atoms with van der Waals surface area (Å²) in [5, 5.41) is 9.75. The SMILES string of the molecule is COC(=O)[C@H](CCSC)NC(=O)c1ccc(/C=C(/Cn2ccnc2)c2nccs2)cc1-c1ccsc1. The highest BCUT2D eigenvalue weighted by atomic mass is 32.2. The molecule has 1 atom stereocenters. The lowest BCUT2D eigenvalue weighted by molar-refractivity contribution is -0.142. The van der Waals surface area contributed by atoms with Crippen molar-refractivity contribution in [2.45, 2.75) is 19.0 Å². The molecule has 10 heteroatoms. The van der Waals surface area contributed by atoms with Gasteiger partial charge in [0, 0.05) is 35.1 Å². The molecule has 0 aliphatic heterocycles. The van der Waals surface area contributed by atoms with E-state index in [4.69, 9.17) is 4.74 Å². The second-order valence-electron chi connectivity index (χ2n) is 7.89. The number of hydrogen-bond acceptors (Lipinski definition) is 8. The number of hydrogen-bond donors (Lipinski definition) is 1. The molecule has 186 valence electrons. The molecule has 1 N–H and O–H groups in total. The Morgan fingerprint density at radius 3 is 2.81 bits per heavy atom. The van der Waals surface area contributed by atoms with Crippen LogP contribution in [0.4, 0.5) is 0 Å². The summed E-state index contributed by atoms with van der Waals surface area (Å²) < 4.78 is 6.91. The van der Waals surface area contributed by atoms with Crippen LogP contribution in [0.25, 0.3) is 22.8 Å². The smallest absolute Gasteiger partial charge is 0.328 e. The number of amides is 1. The predicted octanol–water partition coefficient (Wildman–Crippen LogP) is 5.33. The molecule has 0 unspecified atom stereocenters. The third-order valence-electron chi connectivity index (χ3n) is 5.48. The number of thioether (sulfide) groups is 1. The van der Waals surface area contributed by atoms with E-state index in [1.807, 2.05) is 57.4 Å². The third kappa shape index (κ3) is 6.51. The van der Waals surface area contributed by atoms with Gasteiger partial charge >= 0.3 is 5.97 Å². The van der Waals surface area contributed by atoms with E-state index in [1.165, 1.54) is 7.11 Å².